The van der Waals surface area contributed by atoms with Crippen LogP contribution in [0.25, 0.3) is 0 Å². The van der Waals surface area contributed by atoms with Crippen molar-refractivity contribution in [1.29, 1.82) is 0 Å². The molecule has 1 heterocycles. The third kappa shape index (κ3) is 1.69. The Morgan fingerprint density at radius 2 is 2.56 bits per heavy atom. The molecule has 3 heteroatoms. The maximum atomic E-state index is 10.7. The summed E-state index contributed by atoms with van der Waals surface area (Å²) >= 11 is -0.923. The number of rotatable bonds is 1. The monoisotopic (exact) mass is 140 g/mol. The average Bonchev–Trinajstić information content (AvgIpc) is 1.90. The first-order chi connectivity index (χ1) is 4.30. The third-order valence-corrected chi connectivity index (χ3v) is 1.80. The molecule has 1 rings (SSSR count). The molecule has 2 nitrogen and oxygen atoms in total. The first-order valence-corrected chi connectivity index (χ1v) is 4.01. The second kappa shape index (κ2) is 2.85. The highest BCUT2D eigenvalue weighted by Gasteiger charge is 1.99. The van der Waals surface area contributed by atoms with Crippen LogP contribution in [0.2, 0.25) is 0 Å². The number of pyridine rings is 1. The Bertz CT molecular complexity index is 176. The molecule has 0 spiro atoms. The first-order valence-electron chi connectivity index (χ1n) is 2.45. The second-order valence-corrected chi connectivity index (χ2v) is 2.95. The Morgan fingerprint density at radius 1 is 1.78 bits per heavy atom. The van der Waals surface area contributed by atoms with Gasteiger partial charge in [-0.15, -0.1) is 0 Å². The molecule has 1 radical (unpaired) electrons. The number of aromatic nitrogens is 1. The van der Waals surface area contributed by atoms with Gasteiger partial charge in [-0.05, 0) is 11.2 Å². The predicted octanol–water partition coefficient (Wildman–Crippen LogP) is 0.619. The molecule has 0 N–H and O–H groups in total. The molecule has 0 bridgehead atoms. The number of hydrogen-bond donors (Lipinski definition) is 0. The minimum Gasteiger partial charge on any atom is -0.612 e. The van der Waals surface area contributed by atoms with E-state index in [-0.39, 0.29) is 0 Å². The van der Waals surface area contributed by atoms with Crippen LogP contribution in [0.1, 0.15) is 0 Å². The van der Waals surface area contributed by atoms with Crippen LogP contribution in [0, 0.1) is 6.07 Å². The van der Waals surface area contributed by atoms with E-state index in [1.807, 2.05) is 0 Å². The van der Waals surface area contributed by atoms with Crippen molar-refractivity contribution in [3.05, 3.63) is 24.5 Å². The molecule has 1 aromatic heterocycles. The maximum absolute atomic E-state index is 10.7. The van der Waals surface area contributed by atoms with Crippen LogP contribution in [-0.2, 0) is 11.2 Å². The Kier molecular flexibility index (Phi) is 2.08. The smallest absolute Gasteiger partial charge is 0.171 e. The van der Waals surface area contributed by atoms with Gasteiger partial charge in [0.15, 0.2) is 4.90 Å². The van der Waals surface area contributed by atoms with Crippen molar-refractivity contribution in [2.24, 2.45) is 0 Å². The molecule has 0 aromatic carbocycles. The van der Waals surface area contributed by atoms with E-state index in [1.54, 1.807) is 18.5 Å². The zero-order valence-corrected chi connectivity index (χ0v) is 5.81. The van der Waals surface area contributed by atoms with Gasteiger partial charge in [-0.2, -0.15) is 0 Å². The van der Waals surface area contributed by atoms with Crippen LogP contribution in [0.15, 0.2) is 23.4 Å². The Labute approximate surface area is 57.1 Å². The molecule has 9 heavy (non-hydrogen) atoms. The van der Waals surface area contributed by atoms with E-state index in [4.69, 9.17) is 0 Å². The minimum atomic E-state index is -0.923. The fourth-order valence-corrected chi connectivity index (χ4v) is 0.911. The first kappa shape index (κ1) is 6.58. The van der Waals surface area contributed by atoms with Gasteiger partial charge >= 0.3 is 0 Å². The van der Waals surface area contributed by atoms with Gasteiger partial charge in [0.1, 0.15) is 6.26 Å². The van der Waals surface area contributed by atoms with Crippen LogP contribution in [0.3, 0.4) is 0 Å². The zero-order valence-electron chi connectivity index (χ0n) is 5.00. The lowest BCUT2D eigenvalue weighted by atomic mass is 10.5. The van der Waals surface area contributed by atoms with Crippen molar-refractivity contribution in [2.75, 3.05) is 6.26 Å². The third-order valence-electron chi connectivity index (χ3n) is 0.908. The average molecular weight is 140 g/mol. The molecule has 0 aliphatic carbocycles. The Hall–Kier alpha value is -0.540. The molecule has 0 amide bonds. The topological polar surface area (TPSA) is 36.0 Å². The Morgan fingerprint density at radius 3 is 2.89 bits per heavy atom. The van der Waals surface area contributed by atoms with E-state index >= 15 is 0 Å². The van der Waals surface area contributed by atoms with Crippen LogP contribution >= 0.6 is 0 Å². The summed E-state index contributed by atoms with van der Waals surface area (Å²) in [5, 5.41) is 0. The summed E-state index contributed by atoms with van der Waals surface area (Å²) < 4.78 is 10.7. The van der Waals surface area contributed by atoms with Crippen molar-refractivity contribution in [3.8, 4) is 0 Å². The summed E-state index contributed by atoms with van der Waals surface area (Å²) in [6.45, 7) is 0. The molecule has 0 aliphatic heterocycles. The van der Waals surface area contributed by atoms with Gasteiger partial charge in [0.2, 0.25) is 0 Å². The maximum Gasteiger partial charge on any atom is 0.171 e. The standard InChI is InChI=1S/C6H6NOS/c1-9(8)6-3-2-4-7-5-6/h3-5H,1H3. The largest absolute Gasteiger partial charge is 0.612 e. The molecular formula is C6H6NOS. The van der Waals surface area contributed by atoms with E-state index in [2.05, 4.69) is 11.1 Å². The van der Waals surface area contributed by atoms with Gasteiger partial charge in [-0.1, -0.05) is 0 Å². The highest BCUT2D eigenvalue weighted by molar-refractivity contribution is 7.90. The van der Waals surface area contributed by atoms with Crippen LogP contribution in [0.5, 0.6) is 0 Å². The lowest BCUT2D eigenvalue weighted by molar-refractivity contribution is 0.600. The fourth-order valence-electron chi connectivity index (χ4n) is 0.468. The SMILES string of the molecule is C[S+]([O-])c1c[c]cnc1. The van der Waals surface area contributed by atoms with Gasteiger partial charge < -0.3 is 4.55 Å². The fraction of sp³-hybridized carbons (Fsp3) is 0.167. The lowest BCUT2D eigenvalue weighted by Gasteiger charge is -2.00. The van der Waals surface area contributed by atoms with E-state index in [1.165, 1.54) is 6.20 Å². The summed E-state index contributed by atoms with van der Waals surface area (Å²) in [6.07, 6.45) is 4.73. The normalized spacial score (nSPS) is 13.1. The van der Waals surface area contributed by atoms with E-state index < -0.39 is 11.2 Å². The van der Waals surface area contributed by atoms with Gasteiger partial charge in [0.25, 0.3) is 0 Å². The molecular weight excluding hydrogens is 134 g/mol. The molecule has 0 aliphatic rings. The molecule has 1 atom stereocenters. The molecule has 0 fully saturated rings. The molecule has 47 valence electrons. The molecule has 1 unspecified atom stereocenters. The van der Waals surface area contributed by atoms with Gasteiger partial charge in [0.05, 0.1) is 6.20 Å². The summed E-state index contributed by atoms with van der Waals surface area (Å²) in [7, 11) is 0. The zero-order chi connectivity index (χ0) is 6.69. The van der Waals surface area contributed by atoms with Crippen molar-refractivity contribution in [2.45, 2.75) is 4.90 Å². The van der Waals surface area contributed by atoms with Gasteiger partial charge in [0, 0.05) is 18.3 Å². The van der Waals surface area contributed by atoms with Crippen molar-refractivity contribution < 1.29 is 4.55 Å². The minimum absolute atomic E-state index is 0.720. The van der Waals surface area contributed by atoms with E-state index in [0.717, 1.165) is 4.90 Å². The van der Waals surface area contributed by atoms with Crippen molar-refractivity contribution >= 4 is 11.2 Å². The van der Waals surface area contributed by atoms with Crippen LogP contribution < -0.4 is 0 Å². The predicted molar refractivity (Wildman–Crippen MR) is 35.4 cm³/mol. The number of hydrogen-bond acceptors (Lipinski definition) is 2. The highest BCUT2D eigenvalue weighted by Crippen LogP contribution is 2.03. The summed E-state index contributed by atoms with van der Waals surface area (Å²) in [5.74, 6) is 0. The number of nitrogens with zero attached hydrogens (tertiary/aromatic N) is 1. The summed E-state index contributed by atoms with van der Waals surface area (Å²) in [5.41, 5.74) is 0. The second-order valence-electron chi connectivity index (χ2n) is 1.57. The van der Waals surface area contributed by atoms with Crippen LogP contribution in [-0.4, -0.2) is 15.8 Å². The molecule has 0 saturated heterocycles. The highest BCUT2D eigenvalue weighted by atomic mass is 32.2. The van der Waals surface area contributed by atoms with Crippen molar-refractivity contribution in [3.63, 3.8) is 0 Å². The molecule has 1 aromatic rings. The van der Waals surface area contributed by atoms with Crippen LogP contribution in [0.4, 0.5) is 0 Å². The quantitative estimate of drug-likeness (QED) is 0.536. The van der Waals surface area contributed by atoms with Gasteiger partial charge in [-0.3, -0.25) is 4.98 Å². The van der Waals surface area contributed by atoms with E-state index in [0.29, 0.717) is 0 Å². The summed E-state index contributed by atoms with van der Waals surface area (Å²) in [4.78, 5) is 4.48. The Balaban J connectivity index is 2.85. The van der Waals surface area contributed by atoms with Gasteiger partial charge in [-0.25, -0.2) is 0 Å². The lowest BCUT2D eigenvalue weighted by Crippen LogP contribution is -1.96. The van der Waals surface area contributed by atoms with Crippen molar-refractivity contribution in [1.82, 2.24) is 4.98 Å². The van der Waals surface area contributed by atoms with E-state index in [9.17, 15) is 4.55 Å². The molecule has 0 saturated carbocycles. The summed E-state index contributed by atoms with van der Waals surface area (Å²) in [6, 6.07) is 4.41.